The Morgan fingerprint density at radius 1 is 1.44 bits per heavy atom. The van der Waals surface area contributed by atoms with Crippen molar-refractivity contribution in [3.05, 3.63) is 29.8 Å². The monoisotopic (exact) mass is 248 g/mol. The molecule has 0 spiro atoms. The molecule has 1 aromatic rings. The van der Waals surface area contributed by atoms with Gasteiger partial charge in [0.25, 0.3) is 5.91 Å². The van der Waals surface area contributed by atoms with Crippen LogP contribution in [0, 0.1) is 0 Å². The van der Waals surface area contributed by atoms with Crippen molar-refractivity contribution in [2.24, 2.45) is 0 Å². The van der Waals surface area contributed by atoms with Crippen molar-refractivity contribution < 1.29 is 9.90 Å². The summed E-state index contributed by atoms with van der Waals surface area (Å²) in [6.45, 7) is 1.99. The fourth-order valence-corrected chi connectivity index (χ4v) is 2.47. The molecule has 1 heterocycles. The molecule has 0 radical (unpaired) electrons. The van der Waals surface area contributed by atoms with Gasteiger partial charge in [0.05, 0.1) is 5.56 Å². The van der Waals surface area contributed by atoms with Gasteiger partial charge in [-0.3, -0.25) is 4.79 Å². The molecule has 1 unspecified atom stereocenters. The number of hydrogen-bond acceptors (Lipinski definition) is 3. The fraction of sp³-hybridized carbons (Fsp3) is 0.500. The zero-order valence-electron chi connectivity index (χ0n) is 11.0. The Morgan fingerprint density at radius 2 is 2.17 bits per heavy atom. The van der Waals surface area contributed by atoms with Gasteiger partial charge in [0.1, 0.15) is 5.75 Å². The second-order valence-corrected chi connectivity index (χ2v) is 4.99. The Labute approximate surface area is 108 Å². The number of para-hydroxylation sites is 1. The number of benzene rings is 1. The molecule has 1 amide bonds. The van der Waals surface area contributed by atoms with Crippen LogP contribution in [-0.2, 0) is 0 Å². The van der Waals surface area contributed by atoms with Crippen LogP contribution < -0.4 is 0 Å². The van der Waals surface area contributed by atoms with Crippen LogP contribution >= 0.6 is 0 Å². The number of rotatable bonds is 2. The number of carbonyl (C=O) groups is 1. The molecule has 2 rings (SSSR count). The lowest BCUT2D eigenvalue weighted by Gasteiger charge is -2.35. The summed E-state index contributed by atoms with van der Waals surface area (Å²) >= 11 is 0. The van der Waals surface area contributed by atoms with Gasteiger partial charge in [0, 0.05) is 19.6 Å². The van der Waals surface area contributed by atoms with Gasteiger partial charge in [0.2, 0.25) is 0 Å². The summed E-state index contributed by atoms with van der Waals surface area (Å²) in [6.07, 6.45) is 2.14. The lowest BCUT2D eigenvalue weighted by atomic mass is 10.0. The van der Waals surface area contributed by atoms with E-state index in [1.165, 1.54) is 0 Å². The molecule has 1 aliphatic rings. The number of likely N-dealkylation sites (tertiary alicyclic amines) is 1. The number of phenolic OH excluding ortho intramolecular Hbond substituents is 1. The van der Waals surface area contributed by atoms with Crippen molar-refractivity contribution in [1.29, 1.82) is 0 Å². The van der Waals surface area contributed by atoms with Gasteiger partial charge < -0.3 is 14.9 Å². The van der Waals surface area contributed by atoms with E-state index in [1.54, 1.807) is 29.2 Å². The van der Waals surface area contributed by atoms with Gasteiger partial charge in [-0.2, -0.15) is 0 Å². The average molecular weight is 248 g/mol. The lowest BCUT2D eigenvalue weighted by molar-refractivity contribution is 0.0641. The second-order valence-electron chi connectivity index (χ2n) is 4.99. The predicted octanol–water partition coefficient (Wildman–Crippen LogP) is 1.56. The molecule has 1 saturated heterocycles. The van der Waals surface area contributed by atoms with Gasteiger partial charge in [-0.05, 0) is 38.6 Å². The van der Waals surface area contributed by atoms with Gasteiger partial charge >= 0.3 is 0 Å². The summed E-state index contributed by atoms with van der Waals surface area (Å²) in [5, 5.41) is 9.72. The molecule has 0 bridgehead atoms. The summed E-state index contributed by atoms with van der Waals surface area (Å²) < 4.78 is 0. The number of amides is 1. The van der Waals surface area contributed by atoms with E-state index < -0.39 is 0 Å². The fourth-order valence-electron chi connectivity index (χ4n) is 2.47. The summed E-state index contributed by atoms with van der Waals surface area (Å²) in [4.78, 5) is 16.3. The van der Waals surface area contributed by atoms with Gasteiger partial charge in [-0.1, -0.05) is 12.1 Å². The molecular weight excluding hydrogens is 228 g/mol. The minimum atomic E-state index is -0.103. The molecule has 1 fully saturated rings. The summed E-state index contributed by atoms with van der Waals surface area (Å²) in [5.74, 6) is -0.0492. The summed E-state index contributed by atoms with van der Waals surface area (Å²) in [6, 6.07) is 6.94. The number of likely N-dealkylation sites (N-methyl/N-ethyl adjacent to an activating group) is 2. The predicted molar refractivity (Wildman–Crippen MR) is 70.7 cm³/mol. The highest BCUT2D eigenvalue weighted by atomic mass is 16.3. The number of nitrogens with zero attached hydrogens (tertiary/aromatic N) is 2. The molecule has 0 saturated carbocycles. The molecule has 0 aromatic heterocycles. The Balaban J connectivity index is 2.11. The first-order valence-corrected chi connectivity index (χ1v) is 6.33. The van der Waals surface area contributed by atoms with Crippen LogP contribution in [0.4, 0.5) is 0 Å². The molecule has 1 atom stereocenters. The first-order chi connectivity index (χ1) is 8.59. The maximum Gasteiger partial charge on any atom is 0.257 e. The van der Waals surface area contributed by atoms with E-state index in [1.807, 2.05) is 7.05 Å². The van der Waals surface area contributed by atoms with Crippen molar-refractivity contribution >= 4 is 5.91 Å². The third-order valence-corrected chi connectivity index (χ3v) is 3.60. The van der Waals surface area contributed by atoms with Crippen LogP contribution in [0.2, 0.25) is 0 Å². The standard InChI is InChI=1S/C14H20N2O2/c1-15-9-5-6-11(10-15)16(2)14(18)12-7-3-4-8-13(12)17/h3-4,7-8,11,17H,5-6,9-10H2,1-2H3. The van der Waals surface area contributed by atoms with Crippen LogP contribution in [0.25, 0.3) is 0 Å². The Kier molecular flexibility index (Phi) is 3.87. The van der Waals surface area contributed by atoms with Crippen LogP contribution in [-0.4, -0.2) is 54.0 Å². The average Bonchev–Trinajstić information content (AvgIpc) is 2.37. The van der Waals surface area contributed by atoms with Crippen molar-refractivity contribution in [2.75, 3.05) is 27.2 Å². The largest absolute Gasteiger partial charge is 0.507 e. The number of hydrogen-bond donors (Lipinski definition) is 1. The number of aromatic hydroxyl groups is 1. The van der Waals surface area contributed by atoms with E-state index in [0.29, 0.717) is 5.56 Å². The van der Waals surface area contributed by atoms with E-state index in [0.717, 1.165) is 25.9 Å². The molecule has 18 heavy (non-hydrogen) atoms. The van der Waals surface area contributed by atoms with Crippen LogP contribution in [0.5, 0.6) is 5.75 Å². The van der Waals surface area contributed by atoms with Crippen molar-refractivity contribution in [3.63, 3.8) is 0 Å². The lowest BCUT2D eigenvalue weighted by Crippen LogP contribution is -2.47. The maximum atomic E-state index is 12.3. The third kappa shape index (κ3) is 2.64. The Bertz CT molecular complexity index is 434. The topological polar surface area (TPSA) is 43.8 Å². The minimum absolute atomic E-state index is 0.0542. The van der Waals surface area contributed by atoms with Crippen LogP contribution in [0.1, 0.15) is 23.2 Å². The first kappa shape index (κ1) is 12.9. The first-order valence-electron chi connectivity index (χ1n) is 6.33. The second kappa shape index (κ2) is 5.40. The molecule has 1 N–H and O–H groups in total. The summed E-state index contributed by atoms with van der Waals surface area (Å²) in [5.41, 5.74) is 0.383. The quantitative estimate of drug-likeness (QED) is 0.863. The SMILES string of the molecule is CN1CCCC(N(C)C(=O)c2ccccc2O)C1. The molecule has 4 heteroatoms. The smallest absolute Gasteiger partial charge is 0.257 e. The Hall–Kier alpha value is -1.55. The molecule has 0 aliphatic carbocycles. The van der Waals surface area contributed by atoms with E-state index in [4.69, 9.17) is 0 Å². The number of piperidine rings is 1. The summed E-state index contributed by atoms with van der Waals surface area (Å²) in [7, 11) is 3.89. The van der Waals surface area contributed by atoms with Crippen molar-refractivity contribution in [1.82, 2.24) is 9.80 Å². The number of carbonyl (C=O) groups excluding carboxylic acids is 1. The van der Waals surface area contributed by atoms with Crippen molar-refractivity contribution in [3.8, 4) is 5.75 Å². The third-order valence-electron chi connectivity index (χ3n) is 3.60. The Morgan fingerprint density at radius 3 is 2.83 bits per heavy atom. The van der Waals surface area contributed by atoms with E-state index in [2.05, 4.69) is 11.9 Å². The minimum Gasteiger partial charge on any atom is -0.507 e. The normalized spacial score (nSPS) is 20.7. The zero-order valence-corrected chi connectivity index (χ0v) is 11.0. The van der Waals surface area contributed by atoms with E-state index in [-0.39, 0.29) is 17.7 Å². The molecule has 4 nitrogen and oxygen atoms in total. The van der Waals surface area contributed by atoms with Gasteiger partial charge in [-0.15, -0.1) is 0 Å². The highest BCUT2D eigenvalue weighted by molar-refractivity contribution is 5.96. The van der Waals surface area contributed by atoms with Crippen molar-refractivity contribution in [2.45, 2.75) is 18.9 Å². The molecule has 1 aromatic carbocycles. The molecular formula is C14H20N2O2. The molecule has 1 aliphatic heterocycles. The van der Waals surface area contributed by atoms with Gasteiger partial charge in [-0.25, -0.2) is 0 Å². The van der Waals surface area contributed by atoms with Crippen LogP contribution in [0.15, 0.2) is 24.3 Å². The molecule has 98 valence electrons. The van der Waals surface area contributed by atoms with Crippen LogP contribution in [0.3, 0.4) is 0 Å². The zero-order chi connectivity index (χ0) is 13.1. The van der Waals surface area contributed by atoms with E-state index in [9.17, 15) is 9.90 Å². The maximum absolute atomic E-state index is 12.3. The highest BCUT2D eigenvalue weighted by Gasteiger charge is 2.26. The highest BCUT2D eigenvalue weighted by Crippen LogP contribution is 2.21. The van der Waals surface area contributed by atoms with E-state index >= 15 is 0 Å². The number of phenols is 1. The van der Waals surface area contributed by atoms with Gasteiger partial charge in [0.15, 0.2) is 0 Å².